The lowest BCUT2D eigenvalue weighted by atomic mass is 9.83. The molecule has 270 valence electrons. The molecule has 11 aromatic carbocycles. The van der Waals surface area contributed by atoms with Crippen LogP contribution in [0.25, 0.3) is 110 Å². The van der Waals surface area contributed by atoms with Crippen molar-refractivity contribution in [2.24, 2.45) is 0 Å². The van der Waals surface area contributed by atoms with Gasteiger partial charge in [0.1, 0.15) is 0 Å². The summed E-state index contributed by atoms with van der Waals surface area (Å²) >= 11 is 0. The van der Waals surface area contributed by atoms with Crippen molar-refractivity contribution in [3.63, 3.8) is 0 Å². The molecule has 11 rings (SSSR count). The molecule has 0 amide bonds. The molecule has 0 fully saturated rings. The van der Waals surface area contributed by atoms with Crippen LogP contribution in [0.4, 0.5) is 0 Å². The first kappa shape index (κ1) is 33.8. The van der Waals surface area contributed by atoms with Crippen LogP contribution < -0.4 is 0 Å². The van der Waals surface area contributed by atoms with Crippen molar-refractivity contribution in [2.45, 2.75) is 0 Å². The molecule has 0 aliphatic heterocycles. The Balaban J connectivity index is 1.21. The zero-order valence-electron chi connectivity index (χ0n) is 31.9. The Hall–Kier alpha value is -7.54. The van der Waals surface area contributed by atoms with Gasteiger partial charge in [0.15, 0.2) is 0 Å². The maximum absolute atomic E-state index is 2.46. The molecule has 0 atom stereocenters. The van der Waals surface area contributed by atoms with Crippen molar-refractivity contribution in [3.8, 4) is 66.8 Å². The Morgan fingerprint density at radius 3 is 1.26 bits per heavy atom. The Labute approximate surface area is 339 Å². The van der Waals surface area contributed by atoms with Crippen molar-refractivity contribution in [1.82, 2.24) is 0 Å². The van der Waals surface area contributed by atoms with E-state index in [1.165, 1.54) is 110 Å². The molecule has 0 unspecified atom stereocenters. The highest BCUT2D eigenvalue weighted by molar-refractivity contribution is 6.22. The Bertz CT molecular complexity index is 3260. The van der Waals surface area contributed by atoms with Crippen molar-refractivity contribution < 1.29 is 0 Å². The standard InChI is InChI=1S/C58H38/c1-3-18-40(19-4-1)45-23-9-10-24-47(45)48-25-11-12-26-49(48)51-36-35-46(43-32-31-39-17-7-8-22-42(39)37-43)50-34-33-44(38-56(50)51)58-54-29-15-13-27-52(54)57(41-20-5-2-6-21-41)53-28-14-16-30-55(53)58/h1-38H. The zero-order valence-corrected chi connectivity index (χ0v) is 31.9. The SMILES string of the molecule is c1ccc(-c2ccccc2-c2ccccc2-c2ccc(-c3ccc4ccccc4c3)c3ccc(-c4c5ccccc5c(-c5ccccc5)c5ccccc45)cc23)cc1. The third-order valence-electron chi connectivity index (χ3n) is 11.9. The predicted molar refractivity (Wildman–Crippen MR) is 249 cm³/mol. The first-order chi connectivity index (χ1) is 28.8. The van der Waals surface area contributed by atoms with Crippen LogP contribution in [-0.4, -0.2) is 0 Å². The summed E-state index contributed by atoms with van der Waals surface area (Å²) in [7, 11) is 0. The number of rotatable bonds is 6. The lowest BCUT2D eigenvalue weighted by Gasteiger charge is -2.20. The minimum absolute atomic E-state index is 1.21. The van der Waals surface area contributed by atoms with Gasteiger partial charge in [0.05, 0.1) is 0 Å². The van der Waals surface area contributed by atoms with Crippen LogP contribution in [0.1, 0.15) is 0 Å². The van der Waals surface area contributed by atoms with E-state index in [0.717, 1.165) is 0 Å². The normalized spacial score (nSPS) is 11.4. The summed E-state index contributed by atoms with van der Waals surface area (Å²) in [5, 5.41) is 9.98. The Morgan fingerprint density at radius 1 is 0.172 bits per heavy atom. The average molecular weight is 735 g/mol. The zero-order chi connectivity index (χ0) is 38.4. The molecule has 0 aromatic heterocycles. The molecule has 11 aromatic rings. The van der Waals surface area contributed by atoms with Gasteiger partial charge in [-0.1, -0.05) is 218 Å². The summed E-state index contributed by atoms with van der Waals surface area (Å²) in [6.07, 6.45) is 0. The van der Waals surface area contributed by atoms with Crippen molar-refractivity contribution in [2.75, 3.05) is 0 Å². The van der Waals surface area contributed by atoms with Gasteiger partial charge in [0.2, 0.25) is 0 Å². The van der Waals surface area contributed by atoms with Crippen LogP contribution in [0.15, 0.2) is 231 Å². The molecule has 0 nitrogen and oxygen atoms in total. The fraction of sp³-hybridized carbons (Fsp3) is 0. The number of fused-ring (bicyclic) bond motifs is 4. The van der Waals surface area contributed by atoms with Crippen molar-refractivity contribution >= 4 is 43.1 Å². The van der Waals surface area contributed by atoms with Crippen LogP contribution in [0.3, 0.4) is 0 Å². The topological polar surface area (TPSA) is 0 Å². The van der Waals surface area contributed by atoms with Gasteiger partial charge in [-0.3, -0.25) is 0 Å². The second-order valence-corrected chi connectivity index (χ2v) is 15.1. The molecule has 58 heavy (non-hydrogen) atoms. The highest BCUT2D eigenvalue weighted by atomic mass is 14.2. The quantitative estimate of drug-likeness (QED) is 0.149. The van der Waals surface area contributed by atoms with Gasteiger partial charge in [-0.05, 0) is 122 Å². The van der Waals surface area contributed by atoms with E-state index < -0.39 is 0 Å². The summed E-state index contributed by atoms with van der Waals surface area (Å²) in [5.74, 6) is 0. The first-order valence-electron chi connectivity index (χ1n) is 20.1. The fourth-order valence-corrected chi connectivity index (χ4v) is 9.24. The van der Waals surface area contributed by atoms with Crippen LogP contribution in [-0.2, 0) is 0 Å². The number of hydrogen-bond donors (Lipinski definition) is 0. The Morgan fingerprint density at radius 2 is 0.621 bits per heavy atom. The molecule has 0 aliphatic carbocycles. The molecule has 0 heterocycles. The van der Waals surface area contributed by atoms with Crippen LogP contribution in [0.5, 0.6) is 0 Å². The van der Waals surface area contributed by atoms with Gasteiger partial charge in [-0.25, -0.2) is 0 Å². The van der Waals surface area contributed by atoms with Gasteiger partial charge >= 0.3 is 0 Å². The van der Waals surface area contributed by atoms with Crippen molar-refractivity contribution in [1.29, 1.82) is 0 Å². The highest BCUT2D eigenvalue weighted by Gasteiger charge is 2.20. The third kappa shape index (κ3) is 5.69. The molecule has 0 heteroatoms. The van der Waals surface area contributed by atoms with E-state index in [1.54, 1.807) is 0 Å². The van der Waals surface area contributed by atoms with E-state index in [2.05, 4.69) is 231 Å². The van der Waals surface area contributed by atoms with Gasteiger partial charge in [-0.15, -0.1) is 0 Å². The molecule has 0 saturated carbocycles. The van der Waals surface area contributed by atoms with E-state index in [4.69, 9.17) is 0 Å². The molecule has 0 spiro atoms. The number of benzene rings is 11. The molecule has 0 bridgehead atoms. The largest absolute Gasteiger partial charge is 0.0622 e. The maximum atomic E-state index is 2.46. The second-order valence-electron chi connectivity index (χ2n) is 15.1. The summed E-state index contributed by atoms with van der Waals surface area (Å²) < 4.78 is 0. The molecular weight excluding hydrogens is 697 g/mol. The van der Waals surface area contributed by atoms with E-state index in [1.807, 2.05) is 0 Å². The molecule has 0 N–H and O–H groups in total. The maximum Gasteiger partial charge on any atom is -0.00261 e. The summed E-state index contributed by atoms with van der Waals surface area (Å²) in [5.41, 5.74) is 14.7. The molecule has 0 saturated heterocycles. The van der Waals surface area contributed by atoms with Gasteiger partial charge in [0.25, 0.3) is 0 Å². The molecule has 0 aliphatic rings. The first-order valence-corrected chi connectivity index (χ1v) is 20.1. The van der Waals surface area contributed by atoms with E-state index in [9.17, 15) is 0 Å². The van der Waals surface area contributed by atoms with Crippen LogP contribution in [0.2, 0.25) is 0 Å². The van der Waals surface area contributed by atoms with Gasteiger partial charge in [0, 0.05) is 0 Å². The second kappa shape index (κ2) is 14.2. The van der Waals surface area contributed by atoms with Crippen molar-refractivity contribution in [3.05, 3.63) is 231 Å². The highest BCUT2D eigenvalue weighted by Crippen LogP contribution is 2.47. The minimum Gasteiger partial charge on any atom is -0.0622 e. The monoisotopic (exact) mass is 734 g/mol. The summed E-state index contributed by atoms with van der Waals surface area (Å²) in [6, 6.07) is 84.6. The van der Waals surface area contributed by atoms with E-state index >= 15 is 0 Å². The average Bonchev–Trinajstić information content (AvgIpc) is 3.30. The molecular formula is C58H38. The lowest BCUT2D eigenvalue weighted by Crippen LogP contribution is -1.93. The predicted octanol–water partition coefficient (Wildman–Crippen LogP) is 16.3. The smallest absolute Gasteiger partial charge is 0.00261 e. The molecule has 0 radical (unpaired) electrons. The minimum atomic E-state index is 1.21. The summed E-state index contributed by atoms with van der Waals surface area (Å²) in [4.78, 5) is 0. The number of hydrogen-bond acceptors (Lipinski definition) is 0. The van der Waals surface area contributed by atoms with Crippen LogP contribution >= 0.6 is 0 Å². The van der Waals surface area contributed by atoms with Gasteiger partial charge in [-0.2, -0.15) is 0 Å². The van der Waals surface area contributed by atoms with Crippen LogP contribution in [0, 0.1) is 0 Å². The lowest BCUT2D eigenvalue weighted by molar-refractivity contribution is 1.57. The van der Waals surface area contributed by atoms with E-state index in [-0.39, 0.29) is 0 Å². The van der Waals surface area contributed by atoms with E-state index in [0.29, 0.717) is 0 Å². The summed E-state index contributed by atoms with van der Waals surface area (Å²) in [6.45, 7) is 0. The third-order valence-corrected chi connectivity index (χ3v) is 11.9. The van der Waals surface area contributed by atoms with Gasteiger partial charge < -0.3 is 0 Å². The fourth-order valence-electron chi connectivity index (χ4n) is 9.24. The Kier molecular flexibility index (Phi) is 8.26.